The first-order valence-corrected chi connectivity index (χ1v) is 9.85. The number of nitrogens with one attached hydrogen (secondary N) is 2. The zero-order valence-corrected chi connectivity index (χ0v) is 17.4. The molecule has 2 N–H and O–H groups in total. The number of urea groups is 1. The maximum Gasteiger partial charge on any atom is 0.338 e. The molecule has 1 heterocycles. The second kappa shape index (κ2) is 10.2. The maximum atomic E-state index is 12.5. The number of amides is 2. The molecule has 0 unspecified atom stereocenters. The largest absolute Gasteiger partial charge is 0.490 e. The van der Waals surface area contributed by atoms with Crippen molar-refractivity contribution in [3.05, 3.63) is 34.0 Å². The van der Waals surface area contributed by atoms with E-state index in [1.165, 1.54) is 0 Å². The van der Waals surface area contributed by atoms with Gasteiger partial charge in [0.15, 0.2) is 11.5 Å². The van der Waals surface area contributed by atoms with Crippen molar-refractivity contribution in [2.45, 2.75) is 46.6 Å². The number of hydrogen-bond acceptors (Lipinski definition) is 5. The fourth-order valence-corrected chi connectivity index (χ4v) is 3.17. The Morgan fingerprint density at radius 2 is 1.93 bits per heavy atom. The minimum Gasteiger partial charge on any atom is -0.490 e. The molecule has 1 atom stereocenters. The van der Waals surface area contributed by atoms with Crippen molar-refractivity contribution in [3.63, 3.8) is 0 Å². The molecule has 0 aliphatic carbocycles. The Bertz CT molecular complexity index is 763. The fourth-order valence-electron chi connectivity index (χ4n) is 2.90. The molecule has 1 aliphatic rings. The Kier molecular flexibility index (Phi) is 7.99. The van der Waals surface area contributed by atoms with Crippen molar-refractivity contribution in [1.29, 1.82) is 0 Å². The van der Waals surface area contributed by atoms with Gasteiger partial charge in [0, 0.05) is 5.70 Å². The van der Waals surface area contributed by atoms with Gasteiger partial charge in [-0.15, -0.1) is 0 Å². The van der Waals surface area contributed by atoms with Crippen molar-refractivity contribution < 1.29 is 23.8 Å². The molecule has 0 radical (unpaired) electrons. The normalized spacial score (nSPS) is 16.3. The third-order valence-electron chi connectivity index (χ3n) is 4.17. The van der Waals surface area contributed by atoms with Gasteiger partial charge in [-0.25, -0.2) is 9.59 Å². The summed E-state index contributed by atoms with van der Waals surface area (Å²) >= 11 is 6.46. The lowest BCUT2D eigenvalue weighted by Crippen LogP contribution is -2.45. The summed E-state index contributed by atoms with van der Waals surface area (Å²) in [4.78, 5) is 24.5. The first-order chi connectivity index (χ1) is 13.4. The summed E-state index contributed by atoms with van der Waals surface area (Å²) in [5.74, 6) is 0.420. The number of rotatable bonds is 9. The predicted octanol–water partition coefficient (Wildman–Crippen LogP) is 4.11. The van der Waals surface area contributed by atoms with Crippen LogP contribution in [0.15, 0.2) is 23.4 Å². The van der Waals surface area contributed by atoms with Crippen LogP contribution in [0.4, 0.5) is 4.79 Å². The van der Waals surface area contributed by atoms with Crippen molar-refractivity contribution in [2.75, 3.05) is 19.8 Å². The molecule has 0 aromatic heterocycles. The maximum absolute atomic E-state index is 12.5. The molecule has 0 fully saturated rings. The van der Waals surface area contributed by atoms with Crippen LogP contribution in [-0.2, 0) is 9.53 Å². The summed E-state index contributed by atoms with van der Waals surface area (Å²) in [6, 6.07) is 2.29. The number of benzene rings is 1. The van der Waals surface area contributed by atoms with E-state index in [1.807, 2.05) is 6.92 Å². The van der Waals surface area contributed by atoms with Gasteiger partial charge in [0.25, 0.3) is 0 Å². The molecule has 1 aromatic carbocycles. The molecule has 0 saturated carbocycles. The van der Waals surface area contributed by atoms with Gasteiger partial charge in [0.2, 0.25) is 0 Å². The highest BCUT2D eigenvalue weighted by Crippen LogP contribution is 2.40. The number of allylic oxidation sites excluding steroid dienone is 1. The summed E-state index contributed by atoms with van der Waals surface area (Å²) in [6.07, 6.45) is 1.89. The zero-order chi connectivity index (χ0) is 20.7. The van der Waals surface area contributed by atoms with Crippen LogP contribution in [0.2, 0.25) is 5.02 Å². The Morgan fingerprint density at radius 1 is 1.18 bits per heavy atom. The molecular formula is C20H27ClN2O5. The number of ether oxygens (including phenoxy) is 3. The highest BCUT2D eigenvalue weighted by atomic mass is 35.5. The Hall–Kier alpha value is -2.41. The molecule has 1 aliphatic heterocycles. The molecule has 0 saturated heterocycles. The quantitative estimate of drug-likeness (QED) is 0.472. The Labute approximate surface area is 170 Å². The summed E-state index contributed by atoms with van der Waals surface area (Å²) in [5.41, 5.74) is 1.36. The van der Waals surface area contributed by atoms with Crippen molar-refractivity contribution in [3.8, 4) is 11.5 Å². The molecule has 7 nitrogen and oxygen atoms in total. The van der Waals surface area contributed by atoms with Crippen molar-refractivity contribution in [1.82, 2.24) is 10.6 Å². The van der Waals surface area contributed by atoms with Crippen molar-refractivity contribution in [2.24, 2.45) is 0 Å². The van der Waals surface area contributed by atoms with Crippen LogP contribution in [-0.4, -0.2) is 31.8 Å². The highest BCUT2D eigenvalue weighted by Gasteiger charge is 2.33. The van der Waals surface area contributed by atoms with E-state index < -0.39 is 18.0 Å². The van der Waals surface area contributed by atoms with E-state index in [4.69, 9.17) is 25.8 Å². The third kappa shape index (κ3) is 5.10. The summed E-state index contributed by atoms with van der Waals surface area (Å²) in [5, 5.41) is 5.72. The minimum absolute atomic E-state index is 0.228. The lowest BCUT2D eigenvalue weighted by atomic mass is 9.95. The second-order valence-electron chi connectivity index (χ2n) is 6.26. The Balaban J connectivity index is 2.47. The molecule has 2 amide bonds. The average molecular weight is 411 g/mol. The Morgan fingerprint density at radius 3 is 2.57 bits per heavy atom. The molecular weight excluding hydrogens is 384 g/mol. The minimum atomic E-state index is -0.714. The van der Waals surface area contributed by atoms with Gasteiger partial charge in [-0.1, -0.05) is 24.9 Å². The van der Waals surface area contributed by atoms with E-state index in [-0.39, 0.29) is 6.61 Å². The predicted molar refractivity (Wildman–Crippen MR) is 107 cm³/mol. The number of halogens is 1. The van der Waals surface area contributed by atoms with E-state index in [9.17, 15) is 9.59 Å². The van der Waals surface area contributed by atoms with E-state index in [1.54, 1.807) is 26.0 Å². The van der Waals surface area contributed by atoms with Gasteiger partial charge in [-0.05, 0) is 44.9 Å². The van der Waals surface area contributed by atoms with Gasteiger partial charge >= 0.3 is 12.0 Å². The van der Waals surface area contributed by atoms with Crippen LogP contribution in [0.5, 0.6) is 11.5 Å². The number of esters is 1. The molecule has 28 heavy (non-hydrogen) atoms. The monoisotopic (exact) mass is 410 g/mol. The number of carbonyl (C=O) groups excluding carboxylic acids is 2. The van der Waals surface area contributed by atoms with E-state index in [2.05, 4.69) is 17.6 Å². The standard InChI is InChI=1S/C20H27ClN2O5/c1-5-8-9-28-18-14(21)10-13(11-15(18)26-6-2)17-16(19(24)27-7-3)12(4)22-20(25)23-17/h10-11,17H,5-9H2,1-4H3,(H2,22,23,25)/t17-/m1/s1. The zero-order valence-electron chi connectivity index (χ0n) is 16.7. The van der Waals surface area contributed by atoms with Crippen LogP contribution >= 0.6 is 11.6 Å². The van der Waals surface area contributed by atoms with Crippen molar-refractivity contribution >= 4 is 23.6 Å². The number of hydrogen-bond donors (Lipinski definition) is 2. The van der Waals surface area contributed by atoms with Crippen LogP contribution in [0.1, 0.15) is 52.1 Å². The second-order valence-corrected chi connectivity index (χ2v) is 6.66. The molecule has 8 heteroatoms. The van der Waals surface area contributed by atoms with E-state index in [0.717, 1.165) is 12.8 Å². The van der Waals surface area contributed by atoms with Gasteiger partial charge in [0.1, 0.15) is 0 Å². The van der Waals surface area contributed by atoms with Crippen LogP contribution in [0, 0.1) is 0 Å². The summed E-state index contributed by atoms with van der Waals surface area (Å²) in [6.45, 7) is 8.48. The fraction of sp³-hybridized carbons (Fsp3) is 0.500. The van der Waals surface area contributed by atoms with E-state index >= 15 is 0 Å². The number of carbonyl (C=O) groups is 2. The molecule has 0 bridgehead atoms. The van der Waals surface area contributed by atoms with Gasteiger partial charge < -0.3 is 24.8 Å². The first kappa shape index (κ1) is 21.9. The van der Waals surface area contributed by atoms with Gasteiger partial charge in [-0.2, -0.15) is 0 Å². The van der Waals surface area contributed by atoms with Crippen LogP contribution in [0.25, 0.3) is 0 Å². The summed E-state index contributed by atoms with van der Waals surface area (Å²) in [7, 11) is 0. The van der Waals surface area contributed by atoms with Gasteiger partial charge in [-0.3, -0.25) is 0 Å². The van der Waals surface area contributed by atoms with Crippen LogP contribution < -0.4 is 20.1 Å². The topological polar surface area (TPSA) is 85.9 Å². The third-order valence-corrected chi connectivity index (χ3v) is 4.45. The summed E-state index contributed by atoms with van der Waals surface area (Å²) < 4.78 is 16.7. The van der Waals surface area contributed by atoms with Gasteiger partial charge in [0.05, 0.1) is 36.5 Å². The molecule has 1 aromatic rings. The molecule has 0 spiro atoms. The lowest BCUT2D eigenvalue weighted by molar-refractivity contribution is -0.139. The smallest absolute Gasteiger partial charge is 0.338 e. The first-order valence-electron chi connectivity index (χ1n) is 9.47. The number of unbranched alkanes of at least 4 members (excludes halogenated alkanes) is 1. The SMILES string of the molecule is CCCCOc1c(Cl)cc([C@H]2NC(=O)NC(C)=C2C(=O)OCC)cc1OCC. The average Bonchev–Trinajstić information content (AvgIpc) is 2.63. The van der Waals surface area contributed by atoms with E-state index in [0.29, 0.717) is 46.6 Å². The van der Waals surface area contributed by atoms with Crippen LogP contribution in [0.3, 0.4) is 0 Å². The lowest BCUT2D eigenvalue weighted by Gasteiger charge is -2.28. The molecule has 154 valence electrons. The highest BCUT2D eigenvalue weighted by molar-refractivity contribution is 6.32. The molecule has 2 rings (SSSR count).